The minimum absolute atomic E-state index is 0.147. The van der Waals surface area contributed by atoms with Crippen molar-refractivity contribution in [3.8, 4) is 5.75 Å². The summed E-state index contributed by atoms with van der Waals surface area (Å²) in [7, 11) is 1.53. The summed E-state index contributed by atoms with van der Waals surface area (Å²) < 4.78 is 18.9. The monoisotopic (exact) mass is 229 g/mol. The molecule has 1 saturated carbocycles. The summed E-state index contributed by atoms with van der Waals surface area (Å²) in [6.45, 7) is 0.583. The molecule has 1 fully saturated rings. The van der Waals surface area contributed by atoms with Crippen molar-refractivity contribution in [1.29, 1.82) is 0 Å². The zero-order valence-electron chi connectivity index (χ0n) is 8.47. The number of nitrogens with two attached hydrogens (primary N) is 1. The molecule has 1 aliphatic rings. The molecule has 0 aromatic heterocycles. The van der Waals surface area contributed by atoms with Crippen molar-refractivity contribution >= 4 is 11.6 Å². The number of rotatable bonds is 3. The Morgan fingerprint density at radius 2 is 2.33 bits per heavy atom. The average molecular weight is 230 g/mol. The van der Waals surface area contributed by atoms with E-state index in [1.165, 1.54) is 13.2 Å². The third-order valence-electron chi connectivity index (χ3n) is 2.91. The lowest BCUT2D eigenvalue weighted by Crippen LogP contribution is -2.04. The van der Waals surface area contributed by atoms with Crippen LogP contribution in [0.15, 0.2) is 12.1 Å². The molecule has 2 unspecified atom stereocenters. The van der Waals surface area contributed by atoms with Crippen LogP contribution in [0.4, 0.5) is 4.39 Å². The van der Waals surface area contributed by atoms with Crippen molar-refractivity contribution in [2.45, 2.75) is 12.3 Å². The fourth-order valence-corrected chi connectivity index (χ4v) is 2.10. The minimum atomic E-state index is -0.364. The van der Waals surface area contributed by atoms with Crippen molar-refractivity contribution in [3.63, 3.8) is 0 Å². The summed E-state index contributed by atoms with van der Waals surface area (Å²) in [4.78, 5) is 0. The number of halogens is 2. The molecular weight excluding hydrogens is 217 g/mol. The van der Waals surface area contributed by atoms with E-state index in [0.717, 1.165) is 6.42 Å². The average Bonchev–Trinajstić information content (AvgIpc) is 3.00. The van der Waals surface area contributed by atoms with Crippen molar-refractivity contribution in [2.24, 2.45) is 11.7 Å². The molecule has 4 heteroatoms. The molecule has 0 bridgehead atoms. The van der Waals surface area contributed by atoms with E-state index in [4.69, 9.17) is 22.1 Å². The smallest absolute Gasteiger partial charge is 0.148 e. The molecule has 2 rings (SSSR count). The molecule has 0 radical (unpaired) electrons. The van der Waals surface area contributed by atoms with Crippen molar-refractivity contribution in [2.75, 3.05) is 13.7 Å². The standard InChI is InChI=1S/C11H13ClFNO/c1-15-9-3-2-8(12)11(13)10(9)7-4-6(7)5-14/h2-3,6-7H,4-5,14H2,1H3. The van der Waals surface area contributed by atoms with E-state index in [1.807, 2.05) is 0 Å². The molecule has 82 valence electrons. The van der Waals surface area contributed by atoms with E-state index in [-0.39, 0.29) is 16.8 Å². The predicted octanol–water partition coefficient (Wildman–Crippen LogP) is 2.55. The van der Waals surface area contributed by atoms with Crippen LogP contribution in [0.3, 0.4) is 0 Å². The van der Waals surface area contributed by atoms with Gasteiger partial charge in [-0.15, -0.1) is 0 Å². The van der Waals surface area contributed by atoms with Gasteiger partial charge in [-0.05, 0) is 36.9 Å². The highest BCUT2D eigenvalue weighted by molar-refractivity contribution is 6.30. The summed E-state index contributed by atoms with van der Waals surface area (Å²) in [5.74, 6) is 0.741. The first-order valence-corrected chi connectivity index (χ1v) is 5.28. The molecule has 1 aromatic carbocycles. The first-order valence-electron chi connectivity index (χ1n) is 4.91. The van der Waals surface area contributed by atoms with Crippen LogP contribution in [0.2, 0.25) is 5.02 Å². The summed E-state index contributed by atoms with van der Waals surface area (Å²) in [5, 5.41) is 0.147. The zero-order chi connectivity index (χ0) is 11.0. The Hall–Kier alpha value is -0.800. The maximum atomic E-state index is 13.8. The number of methoxy groups -OCH3 is 1. The second-order valence-corrected chi connectivity index (χ2v) is 4.22. The maximum absolute atomic E-state index is 13.8. The van der Waals surface area contributed by atoms with Gasteiger partial charge in [-0.3, -0.25) is 0 Å². The third kappa shape index (κ3) is 1.82. The summed E-state index contributed by atoms with van der Waals surface area (Å²) >= 11 is 5.74. The SMILES string of the molecule is COc1ccc(Cl)c(F)c1C1CC1CN. The molecule has 1 aromatic rings. The molecule has 2 atom stereocenters. The van der Waals surface area contributed by atoms with Crippen LogP contribution in [-0.4, -0.2) is 13.7 Å². The van der Waals surface area contributed by atoms with Crippen LogP contribution in [0.5, 0.6) is 5.75 Å². The van der Waals surface area contributed by atoms with Gasteiger partial charge in [0.15, 0.2) is 0 Å². The van der Waals surface area contributed by atoms with E-state index >= 15 is 0 Å². The molecule has 0 amide bonds. The van der Waals surface area contributed by atoms with Gasteiger partial charge in [-0.25, -0.2) is 4.39 Å². The number of ether oxygens (including phenoxy) is 1. The molecule has 0 spiro atoms. The topological polar surface area (TPSA) is 35.2 Å². The lowest BCUT2D eigenvalue weighted by molar-refractivity contribution is 0.404. The van der Waals surface area contributed by atoms with E-state index in [9.17, 15) is 4.39 Å². The quantitative estimate of drug-likeness (QED) is 0.865. The van der Waals surface area contributed by atoms with Gasteiger partial charge in [0.25, 0.3) is 0 Å². The number of benzene rings is 1. The Bertz CT molecular complexity index is 383. The molecule has 15 heavy (non-hydrogen) atoms. The summed E-state index contributed by atoms with van der Waals surface area (Å²) in [5.41, 5.74) is 6.13. The largest absolute Gasteiger partial charge is 0.496 e. The highest BCUT2D eigenvalue weighted by atomic mass is 35.5. The molecule has 0 saturated heterocycles. The van der Waals surface area contributed by atoms with Gasteiger partial charge in [-0.1, -0.05) is 11.6 Å². The zero-order valence-corrected chi connectivity index (χ0v) is 9.22. The number of hydrogen-bond donors (Lipinski definition) is 1. The van der Waals surface area contributed by atoms with Crippen molar-refractivity contribution in [1.82, 2.24) is 0 Å². The third-order valence-corrected chi connectivity index (χ3v) is 3.20. The van der Waals surface area contributed by atoms with Crippen LogP contribution in [-0.2, 0) is 0 Å². The van der Waals surface area contributed by atoms with Crippen molar-refractivity contribution in [3.05, 3.63) is 28.5 Å². The Balaban J connectivity index is 2.39. The highest BCUT2D eigenvalue weighted by Crippen LogP contribution is 2.51. The molecule has 0 heterocycles. The molecule has 2 N–H and O–H groups in total. The van der Waals surface area contributed by atoms with Crippen LogP contribution >= 0.6 is 11.6 Å². The van der Waals surface area contributed by atoms with Gasteiger partial charge in [0.2, 0.25) is 0 Å². The minimum Gasteiger partial charge on any atom is -0.496 e. The van der Waals surface area contributed by atoms with Gasteiger partial charge in [0, 0.05) is 5.56 Å². The summed E-state index contributed by atoms with van der Waals surface area (Å²) in [6.07, 6.45) is 0.921. The molecule has 2 nitrogen and oxygen atoms in total. The normalized spacial score (nSPS) is 24.0. The molecule has 1 aliphatic carbocycles. The van der Waals surface area contributed by atoms with E-state index in [1.54, 1.807) is 6.07 Å². The second kappa shape index (κ2) is 3.99. The van der Waals surface area contributed by atoms with E-state index < -0.39 is 0 Å². The van der Waals surface area contributed by atoms with Crippen LogP contribution < -0.4 is 10.5 Å². The Labute approximate surface area is 93.2 Å². The van der Waals surface area contributed by atoms with Crippen LogP contribution in [0, 0.1) is 11.7 Å². The van der Waals surface area contributed by atoms with Gasteiger partial charge in [0.1, 0.15) is 11.6 Å². The second-order valence-electron chi connectivity index (χ2n) is 3.82. The Morgan fingerprint density at radius 3 is 2.87 bits per heavy atom. The van der Waals surface area contributed by atoms with Crippen LogP contribution in [0.1, 0.15) is 17.9 Å². The fraction of sp³-hybridized carbons (Fsp3) is 0.455. The first kappa shape index (κ1) is 10.7. The van der Waals surface area contributed by atoms with E-state index in [2.05, 4.69) is 0 Å². The highest BCUT2D eigenvalue weighted by Gasteiger charge is 2.41. The van der Waals surface area contributed by atoms with Gasteiger partial charge in [0.05, 0.1) is 12.1 Å². The van der Waals surface area contributed by atoms with E-state index in [0.29, 0.717) is 23.8 Å². The lowest BCUT2D eigenvalue weighted by atomic mass is 10.1. The molecule has 0 aliphatic heterocycles. The predicted molar refractivity (Wildman–Crippen MR) is 57.9 cm³/mol. The van der Waals surface area contributed by atoms with Gasteiger partial charge >= 0.3 is 0 Å². The maximum Gasteiger partial charge on any atom is 0.148 e. The summed E-state index contributed by atoms with van der Waals surface area (Å²) in [6, 6.07) is 3.21. The first-order chi connectivity index (χ1) is 7.19. The molecular formula is C11H13ClFNO. The lowest BCUT2D eigenvalue weighted by Gasteiger charge is -2.10. The van der Waals surface area contributed by atoms with Crippen LogP contribution in [0.25, 0.3) is 0 Å². The van der Waals surface area contributed by atoms with Gasteiger partial charge < -0.3 is 10.5 Å². The Morgan fingerprint density at radius 1 is 1.60 bits per heavy atom. The van der Waals surface area contributed by atoms with Gasteiger partial charge in [-0.2, -0.15) is 0 Å². The van der Waals surface area contributed by atoms with Crippen molar-refractivity contribution < 1.29 is 9.13 Å². The fourth-order valence-electron chi connectivity index (χ4n) is 1.93. The number of hydrogen-bond acceptors (Lipinski definition) is 2. The Kier molecular flexibility index (Phi) is 2.85.